The van der Waals surface area contributed by atoms with Crippen LogP contribution in [0.5, 0.6) is 0 Å². The second kappa shape index (κ2) is 6.14. The van der Waals surface area contributed by atoms with Gasteiger partial charge in [-0.1, -0.05) is 6.92 Å². The molecule has 24 heavy (non-hydrogen) atoms. The first-order chi connectivity index (χ1) is 11.7. The van der Waals surface area contributed by atoms with Crippen LogP contribution in [-0.4, -0.2) is 32.4 Å². The monoisotopic (exact) mass is 344 g/mol. The van der Waals surface area contributed by atoms with Gasteiger partial charge in [0.2, 0.25) is 0 Å². The number of rotatable bonds is 4. The molecule has 6 nitrogen and oxygen atoms in total. The smallest absolute Gasteiger partial charge is 0.283 e. The zero-order valence-corrected chi connectivity index (χ0v) is 14.4. The fourth-order valence-electron chi connectivity index (χ4n) is 3.27. The number of nitrogens with zero attached hydrogens (tertiary/aromatic N) is 3. The van der Waals surface area contributed by atoms with E-state index in [0.717, 1.165) is 35.9 Å². The summed E-state index contributed by atoms with van der Waals surface area (Å²) in [5, 5.41) is 17.6. The number of aliphatic hydroxyl groups excluding tert-OH is 1. The highest BCUT2D eigenvalue weighted by Gasteiger charge is 2.20. The molecule has 0 spiro atoms. The van der Waals surface area contributed by atoms with Crippen LogP contribution in [0.2, 0.25) is 0 Å². The van der Waals surface area contributed by atoms with Crippen LogP contribution in [0.1, 0.15) is 36.6 Å². The second-order valence-corrected chi connectivity index (χ2v) is 7.31. The van der Waals surface area contributed by atoms with Crippen molar-refractivity contribution in [1.82, 2.24) is 14.6 Å². The average molecular weight is 344 g/mol. The molecule has 3 aromatic heterocycles. The molecule has 3 aromatic rings. The molecule has 1 atom stereocenters. The molecule has 0 aliphatic heterocycles. The van der Waals surface area contributed by atoms with E-state index in [2.05, 4.69) is 15.4 Å². The van der Waals surface area contributed by atoms with Gasteiger partial charge >= 0.3 is 0 Å². The van der Waals surface area contributed by atoms with Crippen LogP contribution in [0.3, 0.4) is 0 Å². The topological polar surface area (TPSA) is 79.5 Å². The van der Waals surface area contributed by atoms with Gasteiger partial charge in [-0.3, -0.25) is 4.79 Å². The lowest BCUT2D eigenvalue weighted by Gasteiger charge is -2.14. The number of hydrogen-bond acceptors (Lipinski definition) is 6. The average Bonchev–Trinajstić information content (AvgIpc) is 2.98. The van der Waals surface area contributed by atoms with Gasteiger partial charge in [-0.15, -0.1) is 16.4 Å². The maximum absolute atomic E-state index is 13.0. The summed E-state index contributed by atoms with van der Waals surface area (Å²) in [6.07, 6.45) is 5.10. The molecule has 1 aliphatic carbocycles. The van der Waals surface area contributed by atoms with Crippen LogP contribution in [0.4, 0.5) is 5.82 Å². The van der Waals surface area contributed by atoms with Gasteiger partial charge in [0.25, 0.3) is 5.56 Å². The van der Waals surface area contributed by atoms with E-state index in [-0.39, 0.29) is 18.2 Å². The maximum atomic E-state index is 13.0. The van der Waals surface area contributed by atoms with Crippen LogP contribution in [0, 0.1) is 0 Å². The number of fused-ring (bicyclic) bond motifs is 4. The van der Waals surface area contributed by atoms with Crippen LogP contribution in [0.25, 0.3) is 15.9 Å². The van der Waals surface area contributed by atoms with Crippen molar-refractivity contribution in [3.8, 4) is 0 Å². The Morgan fingerprint density at radius 3 is 3.00 bits per heavy atom. The summed E-state index contributed by atoms with van der Waals surface area (Å²) in [7, 11) is 0. The summed E-state index contributed by atoms with van der Waals surface area (Å²) in [5.74, 6) is 0.579. The normalized spacial score (nSPS) is 15.6. The molecular formula is C17H20N4O2S. The second-order valence-electron chi connectivity index (χ2n) is 6.23. The molecule has 0 aromatic carbocycles. The molecule has 0 saturated heterocycles. The first kappa shape index (κ1) is 15.5. The predicted octanol–water partition coefficient (Wildman–Crippen LogP) is 2.37. The van der Waals surface area contributed by atoms with Crippen molar-refractivity contribution < 1.29 is 5.11 Å². The lowest BCUT2D eigenvalue weighted by molar-refractivity contribution is 0.271. The van der Waals surface area contributed by atoms with E-state index < -0.39 is 0 Å². The molecule has 0 amide bonds. The minimum absolute atomic E-state index is 0.0282. The minimum Gasteiger partial charge on any atom is -0.394 e. The Morgan fingerprint density at radius 2 is 2.21 bits per heavy atom. The summed E-state index contributed by atoms with van der Waals surface area (Å²) in [6, 6.07) is 3.54. The number of anilines is 1. The van der Waals surface area contributed by atoms with Gasteiger partial charge in [-0.05, 0) is 49.8 Å². The Morgan fingerprint density at radius 1 is 1.38 bits per heavy atom. The number of aromatic nitrogens is 3. The lowest BCUT2D eigenvalue weighted by atomic mass is 9.97. The summed E-state index contributed by atoms with van der Waals surface area (Å²) < 4.78 is 1.39. The SMILES string of the molecule is CCC(CO)Nc1ccc2nc3sc4c(c3c(=O)n2n1)CCCC4. The van der Waals surface area contributed by atoms with Crippen LogP contribution in [-0.2, 0) is 12.8 Å². The molecule has 0 saturated carbocycles. The van der Waals surface area contributed by atoms with Crippen molar-refractivity contribution in [3.05, 3.63) is 32.9 Å². The Bertz CT molecular complexity index is 959. The predicted molar refractivity (Wildman–Crippen MR) is 96.1 cm³/mol. The first-order valence-corrected chi connectivity index (χ1v) is 9.24. The molecular weight excluding hydrogens is 324 g/mol. The van der Waals surface area contributed by atoms with Crippen LogP contribution in [0.15, 0.2) is 16.9 Å². The largest absolute Gasteiger partial charge is 0.394 e. The third-order valence-electron chi connectivity index (χ3n) is 4.66. The zero-order chi connectivity index (χ0) is 16.7. The lowest BCUT2D eigenvalue weighted by Crippen LogP contribution is -2.25. The molecule has 2 N–H and O–H groups in total. The van der Waals surface area contributed by atoms with E-state index >= 15 is 0 Å². The Balaban J connectivity index is 1.88. The van der Waals surface area contributed by atoms with Crippen molar-refractivity contribution in [2.45, 2.75) is 45.1 Å². The molecule has 3 heterocycles. The summed E-state index contributed by atoms with van der Waals surface area (Å²) in [5.41, 5.74) is 1.65. The van der Waals surface area contributed by atoms with E-state index in [1.807, 2.05) is 6.92 Å². The third-order valence-corrected chi connectivity index (χ3v) is 5.84. The number of nitrogens with one attached hydrogen (secondary N) is 1. The number of thiophene rings is 1. The Kier molecular flexibility index (Phi) is 3.97. The molecule has 0 radical (unpaired) electrons. The molecule has 7 heteroatoms. The molecule has 0 bridgehead atoms. The van der Waals surface area contributed by atoms with E-state index in [4.69, 9.17) is 0 Å². The summed E-state index contributed by atoms with van der Waals surface area (Å²) in [4.78, 5) is 19.8. The van der Waals surface area contributed by atoms with Gasteiger partial charge < -0.3 is 10.4 Å². The molecule has 126 valence electrons. The van der Waals surface area contributed by atoms with Crippen LogP contribution < -0.4 is 10.9 Å². The van der Waals surface area contributed by atoms with Gasteiger partial charge in [0, 0.05) is 4.88 Å². The fraction of sp³-hybridized carbons (Fsp3) is 0.471. The third kappa shape index (κ3) is 2.48. The fourth-order valence-corrected chi connectivity index (χ4v) is 4.53. The Labute approximate surface area is 143 Å². The standard InChI is InChI=1S/C17H20N4O2S/c1-2-10(9-22)18-13-7-8-14-19-16-15(17(23)21(14)20-13)11-5-3-4-6-12(11)24-16/h7-8,10,22H,2-6,9H2,1H3,(H,18,20). The van der Waals surface area contributed by atoms with E-state index in [1.165, 1.54) is 21.4 Å². The van der Waals surface area contributed by atoms with Crippen molar-refractivity contribution >= 4 is 33.0 Å². The maximum Gasteiger partial charge on any atom is 0.283 e. The minimum atomic E-state index is -0.0879. The van der Waals surface area contributed by atoms with Gasteiger partial charge in [0.05, 0.1) is 18.0 Å². The highest BCUT2D eigenvalue weighted by molar-refractivity contribution is 7.18. The van der Waals surface area contributed by atoms with Crippen molar-refractivity contribution in [2.24, 2.45) is 0 Å². The number of aliphatic hydroxyl groups is 1. The Hall–Kier alpha value is -1.99. The molecule has 1 aliphatic rings. The van der Waals surface area contributed by atoms with Gasteiger partial charge in [-0.2, -0.15) is 4.52 Å². The van der Waals surface area contributed by atoms with E-state index in [9.17, 15) is 9.90 Å². The zero-order valence-electron chi connectivity index (χ0n) is 13.6. The number of aryl methyl sites for hydroxylation is 2. The molecule has 4 rings (SSSR count). The summed E-state index contributed by atoms with van der Waals surface area (Å²) in [6.45, 7) is 2.02. The highest BCUT2D eigenvalue weighted by Crippen LogP contribution is 2.33. The van der Waals surface area contributed by atoms with Gasteiger partial charge in [0.1, 0.15) is 10.6 Å². The number of hydrogen-bond donors (Lipinski definition) is 2. The molecule has 1 unspecified atom stereocenters. The van der Waals surface area contributed by atoms with Crippen molar-refractivity contribution in [3.63, 3.8) is 0 Å². The summed E-state index contributed by atoms with van der Waals surface area (Å²) >= 11 is 1.65. The van der Waals surface area contributed by atoms with Gasteiger partial charge in [0.15, 0.2) is 5.65 Å². The van der Waals surface area contributed by atoms with Crippen molar-refractivity contribution in [1.29, 1.82) is 0 Å². The highest BCUT2D eigenvalue weighted by atomic mass is 32.1. The van der Waals surface area contributed by atoms with E-state index in [0.29, 0.717) is 11.5 Å². The quantitative estimate of drug-likeness (QED) is 0.759. The van der Waals surface area contributed by atoms with Gasteiger partial charge in [-0.25, -0.2) is 4.98 Å². The molecule has 0 fully saturated rings. The van der Waals surface area contributed by atoms with Crippen LogP contribution >= 0.6 is 11.3 Å². The van der Waals surface area contributed by atoms with Crippen molar-refractivity contribution in [2.75, 3.05) is 11.9 Å². The van der Waals surface area contributed by atoms with E-state index in [1.54, 1.807) is 23.5 Å². The first-order valence-electron chi connectivity index (χ1n) is 8.43.